The van der Waals surface area contributed by atoms with Gasteiger partial charge >= 0.3 is 6.18 Å². The van der Waals surface area contributed by atoms with Crippen LogP contribution in [0, 0.1) is 11.3 Å². The molecule has 0 saturated carbocycles. The Morgan fingerprint density at radius 2 is 1.88 bits per heavy atom. The first-order valence-corrected chi connectivity index (χ1v) is 12.0. The molecular formula is C25H23ClF3N3OS. The van der Waals surface area contributed by atoms with E-state index in [4.69, 9.17) is 17.3 Å². The molecule has 0 fully saturated rings. The largest absolute Gasteiger partial charge is 0.416 e. The van der Waals surface area contributed by atoms with E-state index in [-0.39, 0.29) is 33.3 Å². The number of carbonyl (C=O) groups is 1. The summed E-state index contributed by atoms with van der Waals surface area (Å²) in [6, 6.07) is 8.98. The molecule has 2 aliphatic rings. The molecule has 0 spiro atoms. The van der Waals surface area contributed by atoms with Crippen molar-refractivity contribution < 1.29 is 18.0 Å². The van der Waals surface area contributed by atoms with Crippen LogP contribution in [0.1, 0.15) is 61.3 Å². The molecule has 2 aromatic rings. The molecule has 9 heteroatoms. The number of rotatable bonds is 2. The highest BCUT2D eigenvalue weighted by Crippen LogP contribution is 2.50. The fourth-order valence-corrected chi connectivity index (χ4v) is 5.81. The Kier molecular flexibility index (Phi) is 6.07. The second-order valence-corrected chi connectivity index (χ2v) is 11.0. The molecule has 1 aliphatic carbocycles. The smallest absolute Gasteiger partial charge is 0.384 e. The maximum absolute atomic E-state index is 13.5. The minimum Gasteiger partial charge on any atom is -0.384 e. The average molecular weight is 506 g/mol. The predicted molar refractivity (Wildman–Crippen MR) is 127 cm³/mol. The molecule has 178 valence electrons. The summed E-state index contributed by atoms with van der Waals surface area (Å²) in [5, 5.41) is 10.1. The van der Waals surface area contributed by atoms with Crippen LogP contribution in [0.3, 0.4) is 0 Å². The number of halogens is 4. The standard InChI is InChI=1S/C25H23ClF3N3OS/c1-24(2,3)20-10-9-19(34-20)21-14(12-30)23(31)32(16-5-4-6-18(33)22(16)21)17-11-13(25(27,28)29)7-8-15(17)26/h7-11,21H,4-6,31H2,1-3H3/t21-/m1/s1. The zero-order valence-electron chi connectivity index (χ0n) is 18.9. The number of thiophene rings is 1. The zero-order chi connectivity index (χ0) is 25.0. The molecule has 0 bridgehead atoms. The van der Waals surface area contributed by atoms with Gasteiger partial charge in [-0.05, 0) is 48.6 Å². The van der Waals surface area contributed by atoms with Crippen LogP contribution in [0.25, 0.3) is 0 Å². The van der Waals surface area contributed by atoms with Gasteiger partial charge in [0.1, 0.15) is 5.82 Å². The number of ketones is 1. The van der Waals surface area contributed by atoms with Crippen LogP contribution >= 0.6 is 22.9 Å². The van der Waals surface area contributed by atoms with Crippen LogP contribution in [-0.4, -0.2) is 5.78 Å². The van der Waals surface area contributed by atoms with E-state index in [1.807, 2.05) is 12.1 Å². The molecule has 1 aromatic carbocycles. The Hall–Kier alpha value is -2.76. The predicted octanol–water partition coefficient (Wildman–Crippen LogP) is 7.02. The fraction of sp³-hybridized carbons (Fsp3) is 0.360. The van der Waals surface area contributed by atoms with Gasteiger partial charge in [0.2, 0.25) is 0 Å². The molecular weight excluding hydrogens is 483 g/mol. The van der Waals surface area contributed by atoms with Gasteiger partial charge in [-0.3, -0.25) is 9.69 Å². The van der Waals surface area contributed by atoms with E-state index in [9.17, 15) is 23.2 Å². The Bertz CT molecular complexity index is 1280. The van der Waals surface area contributed by atoms with Crippen molar-refractivity contribution in [3.63, 3.8) is 0 Å². The normalized spacial score (nSPS) is 19.4. The van der Waals surface area contributed by atoms with Crippen molar-refractivity contribution in [2.45, 2.75) is 57.5 Å². The highest BCUT2D eigenvalue weighted by atomic mass is 35.5. The van der Waals surface area contributed by atoms with Gasteiger partial charge in [0.15, 0.2) is 5.78 Å². The third-order valence-corrected chi connectivity index (χ3v) is 7.97. The number of allylic oxidation sites excluding steroid dienone is 3. The van der Waals surface area contributed by atoms with Crippen molar-refractivity contribution in [2.24, 2.45) is 5.73 Å². The quantitative estimate of drug-likeness (QED) is 0.476. The minimum atomic E-state index is -4.59. The second-order valence-electron chi connectivity index (χ2n) is 9.43. The number of carbonyl (C=O) groups excluding carboxylic acids is 1. The van der Waals surface area contributed by atoms with E-state index in [0.717, 1.165) is 28.0 Å². The topological polar surface area (TPSA) is 70.1 Å². The van der Waals surface area contributed by atoms with Crippen LogP contribution in [-0.2, 0) is 16.4 Å². The average Bonchev–Trinajstić information content (AvgIpc) is 3.23. The van der Waals surface area contributed by atoms with E-state index in [1.165, 1.54) is 16.2 Å². The molecule has 4 rings (SSSR count). The first kappa shape index (κ1) is 24.4. The Balaban J connectivity index is 1.96. The molecule has 1 aliphatic heterocycles. The van der Waals surface area contributed by atoms with E-state index < -0.39 is 17.7 Å². The van der Waals surface area contributed by atoms with Gasteiger partial charge in [-0.15, -0.1) is 11.3 Å². The van der Waals surface area contributed by atoms with Crippen LogP contribution in [0.4, 0.5) is 18.9 Å². The lowest BCUT2D eigenvalue weighted by Gasteiger charge is -2.39. The highest BCUT2D eigenvalue weighted by Gasteiger charge is 2.42. The van der Waals surface area contributed by atoms with Crippen molar-refractivity contribution >= 4 is 34.4 Å². The van der Waals surface area contributed by atoms with Crippen LogP contribution < -0.4 is 10.6 Å². The van der Waals surface area contributed by atoms with Crippen molar-refractivity contribution in [2.75, 3.05) is 4.90 Å². The molecule has 2 N–H and O–H groups in total. The van der Waals surface area contributed by atoms with Crippen molar-refractivity contribution in [3.05, 3.63) is 73.3 Å². The summed E-state index contributed by atoms with van der Waals surface area (Å²) in [6.07, 6.45) is -3.32. The number of hydrogen-bond acceptors (Lipinski definition) is 5. The van der Waals surface area contributed by atoms with Gasteiger partial charge in [-0.2, -0.15) is 18.4 Å². The maximum atomic E-state index is 13.5. The number of benzene rings is 1. The fourth-order valence-electron chi connectivity index (χ4n) is 4.42. The van der Waals surface area contributed by atoms with Gasteiger partial charge in [-0.1, -0.05) is 32.4 Å². The summed E-state index contributed by atoms with van der Waals surface area (Å²) in [4.78, 5) is 16.5. The summed E-state index contributed by atoms with van der Waals surface area (Å²) in [5.74, 6) is -0.798. The van der Waals surface area contributed by atoms with Crippen LogP contribution in [0.5, 0.6) is 0 Å². The molecule has 1 atom stereocenters. The number of anilines is 1. The second kappa shape index (κ2) is 8.47. The van der Waals surface area contributed by atoms with E-state index in [1.54, 1.807) is 0 Å². The summed E-state index contributed by atoms with van der Waals surface area (Å²) < 4.78 is 40.4. The highest BCUT2D eigenvalue weighted by molar-refractivity contribution is 7.12. The Labute approximate surface area is 205 Å². The van der Waals surface area contributed by atoms with Crippen molar-refractivity contribution in [1.29, 1.82) is 5.26 Å². The maximum Gasteiger partial charge on any atom is 0.416 e. The van der Waals surface area contributed by atoms with Gasteiger partial charge < -0.3 is 5.73 Å². The molecule has 4 nitrogen and oxygen atoms in total. The van der Waals surface area contributed by atoms with Gasteiger partial charge in [-0.25, -0.2) is 0 Å². The summed E-state index contributed by atoms with van der Waals surface area (Å²) in [5.41, 5.74) is 6.51. The summed E-state index contributed by atoms with van der Waals surface area (Å²) in [7, 11) is 0. The van der Waals surface area contributed by atoms with Gasteiger partial charge in [0.25, 0.3) is 0 Å². The monoisotopic (exact) mass is 505 g/mol. The number of nitriles is 1. The minimum absolute atomic E-state index is 0.00366. The van der Waals surface area contributed by atoms with Crippen molar-refractivity contribution in [1.82, 2.24) is 0 Å². The van der Waals surface area contributed by atoms with E-state index in [0.29, 0.717) is 30.5 Å². The third-order valence-electron chi connectivity index (χ3n) is 6.08. The third kappa shape index (κ3) is 4.12. The van der Waals surface area contributed by atoms with Crippen molar-refractivity contribution in [3.8, 4) is 6.07 Å². The number of Topliss-reactive ketones (excluding diaryl/α,β-unsaturated/α-hetero) is 1. The first-order valence-electron chi connectivity index (χ1n) is 10.8. The molecule has 34 heavy (non-hydrogen) atoms. The van der Waals surface area contributed by atoms with E-state index in [2.05, 4.69) is 26.8 Å². The molecule has 0 amide bonds. The van der Waals surface area contributed by atoms with Gasteiger partial charge in [0, 0.05) is 27.4 Å². The summed E-state index contributed by atoms with van der Waals surface area (Å²) in [6.45, 7) is 6.23. The number of alkyl halides is 3. The van der Waals surface area contributed by atoms with Crippen LogP contribution in [0.2, 0.25) is 5.02 Å². The molecule has 0 radical (unpaired) electrons. The summed E-state index contributed by atoms with van der Waals surface area (Å²) >= 11 is 7.85. The number of hydrogen-bond donors (Lipinski definition) is 1. The molecule has 0 unspecified atom stereocenters. The Morgan fingerprint density at radius 1 is 1.18 bits per heavy atom. The first-order chi connectivity index (χ1) is 15.8. The lowest BCUT2D eigenvalue weighted by molar-refractivity contribution is -0.137. The zero-order valence-corrected chi connectivity index (χ0v) is 20.5. The van der Waals surface area contributed by atoms with Crippen LogP contribution in [0.15, 0.2) is 53.0 Å². The number of nitrogens with two attached hydrogens (primary N) is 1. The molecule has 2 heterocycles. The SMILES string of the molecule is CC(C)(C)c1ccc([C@H]2C(C#N)=C(N)N(c3cc(C(F)(F)F)ccc3Cl)C3=C2C(=O)CCC3)s1. The lowest BCUT2D eigenvalue weighted by atomic mass is 9.78. The van der Waals surface area contributed by atoms with E-state index >= 15 is 0 Å². The molecule has 1 aromatic heterocycles. The molecule has 0 saturated heterocycles. The Morgan fingerprint density at radius 3 is 2.47 bits per heavy atom. The van der Waals surface area contributed by atoms with Gasteiger partial charge in [0.05, 0.1) is 33.8 Å². The number of nitrogens with zero attached hydrogens (tertiary/aromatic N) is 2. The lowest BCUT2D eigenvalue weighted by Crippen LogP contribution is -2.38.